The maximum absolute atomic E-state index is 8.45. The van der Waals surface area contributed by atoms with Gasteiger partial charge in [0.2, 0.25) is 5.88 Å². The third kappa shape index (κ3) is 1.70. The van der Waals surface area contributed by atoms with Gasteiger partial charge in [0, 0.05) is 11.8 Å². The van der Waals surface area contributed by atoms with Gasteiger partial charge < -0.3 is 4.74 Å². The van der Waals surface area contributed by atoms with Crippen molar-refractivity contribution in [1.82, 2.24) is 9.97 Å². The molecule has 0 unspecified atom stereocenters. The van der Waals surface area contributed by atoms with Crippen LogP contribution >= 0.6 is 0 Å². The van der Waals surface area contributed by atoms with Crippen LogP contribution in [-0.2, 0) is 6.42 Å². The Balaban J connectivity index is 3.04. The first kappa shape index (κ1) is 8.47. The van der Waals surface area contributed by atoms with Gasteiger partial charge in [-0.05, 0) is 6.92 Å². The number of hydrogen-bond acceptors (Lipinski definition) is 4. The third-order valence-electron chi connectivity index (χ3n) is 1.41. The van der Waals surface area contributed by atoms with Crippen LogP contribution in [0.2, 0.25) is 0 Å². The maximum atomic E-state index is 8.45. The monoisotopic (exact) mass is 163 g/mol. The lowest BCUT2D eigenvalue weighted by Crippen LogP contribution is -1.98. The number of nitriles is 1. The molecule has 62 valence electrons. The van der Waals surface area contributed by atoms with Gasteiger partial charge in [-0.3, -0.25) is 0 Å². The molecule has 0 aliphatic carbocycles. The van der Waals surface area contributed by atoms with E-state index in [1.807, 2.05) is 6.07 Å². The molecule has 0 aromatic carbocycles. The largest absolute Gasteiger partial charge is 0.481 e. The summed E-state index contributed by atoms with van der Waals surface area (Å²) in [7, 11) is 1.53. The van der Waals surface area contributed by atoms with Crippen LogP contribution in [0.1, 0.15) is 11.4 Å². The van der Waals surface area contributed by atoms with Gasteiger partial charge in [0.05, 0.1) is 19.6 Å². The summed E-state index contributed by atoms with van der Waals surface area (Å²) in [5, 5.41) is 8.45. The summed E-state index contributed by atoms with van der Waals surface area (Å²) in [4.78, 5) is 7.99. The van der Waals surface area contributed by atoms with Crippen molar-refractivity contribution in [2.45, 2.75) is 13.3 Å². The van der Waals surface area contributed by atoms with Gasteiger partial charge in [-0.2, -0.15) is 10.2 Å². The summed E-state index contributed by atoms with van der Waals surface area (Å²) in [5.41, 5.74) is 0.727. The van der Waals surface area contributed by atoms with E-state index in [9.17, 15) is 0 Å². The SMILES string of the molecule is COc1nc(C)ncc1CC#N. The van der Waals surface area contributed by atoms with E-state index in [0.29, 0.717) is 11.7 Å². The molecule has 0 atom stereocenters. The van der Waals surface area contributed by atoms with Crippen molar-refractivity contribution in [1.29, 1.82) is 5.26 Å². The molecule has 0 fully saturated rings. The fraction of sp³-hybridized carbons (Fsp3) is 0.375. The van der Waals surface area contributed by atoms with Gasteiger partial charge in [0.1, 0.15) is 5.82 Å². The minimum Gasteiger partial charge on any atom is -0.481 e. The molecule has 12 heavy (non-hydrogen) atoms. The fourth-order valence-electron chi connectivity index (χ4n) is 0.857. The number of aromatic nitrogens is 2. The van der Waals surface area contributed by atoms with Crippen molar-refractivity contribution in [3.8, 4) is 11.9 Å². The van der Waals surface area contributed by atoms with Crippen molar-refractivity contribution in [3.05, 3.63) is 17.6 Å². The van der Waals surface area contributed by atoms with Crippen LogP contribution in [0.15, 0.2) is 6.20 Å². The van der Waals surface area contributed by atoms with Gasteiger partial charge in [0.15, 0.2) is 0 Å². The molecular formula is C8H9N3O. The molecular weight excluding hydrogens is 154 g/mol. The summed E-state index contributed by atoms with van der Waals surface area (Å²) in [6.45, 7) is 1.78. The molecule has 0 amide bonds. The molecule has 0 saturated carbocycles. The van der Waals surface area contributed by atoms with Gasteiger partial charge in [0.25, 0.3) is 0 Å². The molecule has 0 spiro atoms. The normalized spacial score (nSPS) is 9.08. The van der Waals surface area contributed by atoms with Crippen LogP contribution in [0.4, 0.5) is 0 Å². The Morgan fingerprint density at radius 2 is 2.42 bits per heavy atom. The van der Waals surface area contributed by atoms with Crippen LogP contribution in [0, 0.1) is 18.3 Å². The lowest BCUT2D eigenvalue weighted by atomic mass is 10.2. The highest BCUT2D eigenvalue weighted by Gasteiger charge is 2.03. The van der Waals surface area contributed by atoms with Crippen LogP contribution in [0.25, 0.3) is 0 Å². The van der Waals surface area contributed by atoms with Gasteiger partial charge in [-0.15, -0.1) is 0 Å². The highest BCUT2D eigenvalue weighted by atomic mass is 16.5. The van der Waals surface area contributed by atoms with Crippen LogP contribution in [-0.4, -0.2) is 17.1 Å². The minimum atomic E-state index is 0.281. The van der Waals surface area contributed by atoms with E-state index in [4.69, 9.17) is 10.00 Å². The molecule has 1 rings (SSSR count). The van der Waals surface area contributed by atoms with E-state index in [-0.39, 0.29) is 6.42 Å². The Kier molecular flexibility index (Phi) is 2.59. The number of nitrogens with zero attached hydrogens (tertiary/aromatic N) is 3. The van der Waals surface area contributed by atoms with Crippen LogP contribution in [0.5, 0.6) is 5.88 Å². The Labute approximate surface area is 70.8 Å². The zero-order valence-electron chi connectivity index (χ0n) is 7.03. The summed E-state index contributed by atoms with van der Waals surface area (Å²) < 4.78 is 4.98. The number of rotatable bonds is 2. The third-order valence-corrected chi connectivity index (χ3v) is 1.41. The average Bonchev–Trinajstić information content (AvgIpc) is 2.08. The highest BCUT2D eigenvalue weighted by Crippen LogP contribution is 2.13. The molecule has 1 heterocycles. The van der Waals surface area contributed by atoms with E-state index in [0.717, 1.165) is 5.56 Å². The molecule has 0 radical (unpaired) electrons. The van der Waals surface area contributed by atoms with E-state index in [2.05, 4.69) is 9.97 Å². The van der Waals surface area contributed by atoms with Crippen LogP contribution in [0.3, 0.4) is 0 Å². The zero-order chi connectivity index (χ0) is 8.97. The molecule has 0 bridgehead atoms. The molecule has 0 aliphatic rings. The van der Waals surface area contributed by atoms with Crippen LogP contribution < -0.4 is 4.74 Å². The molecule has 4 heteroatoms. The van der Waals surface area contributed by atoms with E-state index >= 15 is 0 Å². The Hall–Kier alpha value is -1.63. The zero-order valence-corrected chi connectivity index (χ0v) is 7.03. The Morgan fingerprint density at radius 3 is 3.00 bits per heavy atom. The summed E-state index contributed by atoms with van der Waals surface area (Å²) in [6, 6.07) is 2.02. The second kappa shape index (κ2) is 3.67. The van der Waals surface area contributed by atoms with E-state index < -0.39 is 0 Å². The minimum absolute atomic E-state index is 0.281. The van der Waals surface area contributed by atoms with Gasteiger partial charge in [-0.1, -0.05) is 0 Å². The summed E-state index contributed by atoms with van der Waals surface area (Å²) in [6.07, 6.45) is 1.90. The molecule has 1 aromatic heterocycles. The van der Waals surface area contributed by atoms with Gasteiger partial charge >= 0.3 is 0 Å². The number of methoxy groups -OCH3 is 1. The number of aryl methyl sites for hydroxylation is 1. The first-order valence-electron chi connectivity index (χ1n) is 3.51. The van der Waals surface area contributed by atoms with Crippen molar-refractivity contribution in [2.24, 2.45) is 0 Å². The lowest BCUT2D eigenvalue weighted by Gasteiger charge is -2.03. The molecule has 4 nitrogen and oxygen atoms in total. The fourth-order valence-corrected chi connectivity index (χ4v) is 0.857. The predicted octanol–water partition coefficient (Wildman–Crippen LogP) is 0.860. The lowest BCUT2D eigenvalue weighted by molar-refractivity contribution is 0.391. The van der Waals surface area contributed by atoms with Crippen molar-refractivity contribution in [3.63, 3.8) is 0 Å². The smallest absolute Gasteiger partial charge is 0.220 e. The molecule has 0 aliphatic heterocycles. The molecule has 0 saturated heterocycles. The predicted molar refractivity (Wildman–Crippen MR) is 42.6 cm³/mol. The van der Waals surface area contributed by atoms with Crippen molar-refractivity contribution in [2.75, 3.05) is 7.11 Å². The van der Waals surface area contributed by atoms with Crippen molar-refractivity contribution < 1.29 is 4.74 Å². The van der Waals surface area contributed by atoms with E-state index in [1.165, 1.54) is 7.11 Å². The summed E-state index contributed by atoms with van der Waals surface area (Å²) in [5.74, 6) is 1.14. The molecule has 0 N–H and O–H groups in total. The van der Waals surface area contributed by atoms with Crippen molar-refractivity contribution >= 4 is 0 Å². The second-order valence-electron chi connectivity index (χ2n) is 2.29. The first-order chi connectivity index (χ1) is 5.77. The Morgan fingerprint density at radius 1 is 1.67 bits per heavy atom. The Bertz CT molecular complexity index is 317. The quantitative estimate of drug-likeness (QED) is 0.648. The number of hydrogen-bond donors (Lipinski definition) is 0. The maximum Gasteiger partial charge on any atom is 0.220 e. The van der Waals surface area contributed by atoms with Gasteiger partial charge in [-0.25, -0.2) is 4.98 Å². The number of ether oxygens (including phenoxy) is 1. The van der Waals surface area contributed by atoms with E-state index in [1.54, 1.807) is 13.1 Å². The first-order valence-corrected chi connectivity index (χ1v) is 3.51. The summed E-state index contributed by atoms with van der Waals surface area (Å²) >= 11 is 0. The average molecular weight is 163 g/mol. The standard InChI is InChI=1S/C8H9N3O/c1-6-10-5-7(3-4-9)8(11-6)12-2/h5H,3H2,1-2H3. The molecule has 1 aromatic rings. The second-order valence-corrected chi connectivity index (χ2v) is 2.29. The topological polar surface area (TPSA) is 58.8 Å². The highest BCUT2D eigenvalue weighted by molar-refractivity contribution is 5.26.